The summed E-state index contributed by atoms with van der Waals surface area (Å²) in [5, 5.41) is 6.41. The smallest absolute Gasteiger partial charge is 0.237 e. The number of nitrogens with one attached hydrogen (secondary N) is 2. The van der Waals surface area contributed by atoms with Crippen LogP contribution in [-0.4, -0.2) is 36.7 Å². The van der Waals surface area contributed by atoms with Crippen molar-refractivity contribution in [3.05, 3.63) is 0 Å². The molecular weight excluding hydrogens is 228 g/mol. The number of ether oxygens (including phenoxy) is 1. The molecule has 1 fully saturated rings. The molecule has 3 unspecified atom stereocenters. The third-order valence-corrected chi connectivity index (χ3v) is 3.34. The molecule has 0 aromatic heterocycles. The zero-order chi connectivity index (χ0) is 13.8. The van der Waals surface area contributed by atoms with Gasteiger partial charge in [-0.2, -0.15) is 0 Å². The standard InChI is InChI=1S/C14H28N2O2/c1-10(13(17)16-14(2,3)4)15-11-7-6-8-12(9-11)18-5/h10-12,15H,6-9H2,1-5H3,(H,16,17). The first-order chi connectivity index (χ1) is 8.31. The Kier molecular flexibility index (Phi) is 5.60. The van der Waals surface area contributed by atoms with Crippen LogP contribution < -0.4 is 10.6 Å². The van der Waals surface area contributed by atoms with Crippen LogP contribution in [0.4, 0.5) is 0 Å². The van der Waals surface area contributed by atoms with Gasteiger partial charge in [-0.05, 0) is 53.4 Å². The van der Waals surface area contributed by atoms with Crippen LogP contribution in [0, 0.1) is 0 Å². The lowest BCUT2D eigenvalue weighted by molar-refractivity contribution is -0.124. The van der Waals surface area contributed by atoms with E-state index in [1.54, 1.807) is 7.11 Å². The summed E-state index contributed by atoms with van der Waals surface area (Å²) in [6, 6.07) is 0.245. The van der Waals surface area contributed by atoms with Crippen LogP contribution in [-0.2, 0) is 9.53 Å². The maximum Gasteiger partial charge on any atom is 0.237 e. The van der Waals surface area contributed by atoms with Gasteiger partial charge >= 0.3 is 0 Å². The summed E-state index contributed by atoms with van der Waals surface area (Å²) in [7, 11) is 1.77. The van der Waals surface area contributed by atoms with Crippen molar-refractivity contribution in [1.29, 1.82) is 0 Å². The molecule has 0 aromatic rings. The monoisotopic (exact) mass is 256 g/mol. The highest BCUT2D eigenvalue weighted by Gasteiger charge is 2.26. The van der Waals surface area contributed by atoms with E-state index in [4.69, 9.17) is 4.74 Å². The molecule has 1 rings (SSSR count). The minimum atomic E-state index is -0.172. The van der Waals surface area contributed by atoms with E-state index in [1.807, 2.05) is 27.7 Å². The molecule has 0 heterocycles. The zero-order valence-electron chi connectivity index (χ0n) is 12.4. The number of hydrogen-bond donors (Lipinski definition) is 2. The number of carbonyl (C=O) groups excluding carboxylic acids is 1. The molecule has 0 bridgehead atoms. The molecule has 1 saturated carbocycles. The quantitative estimate of drug-likeness (QED) is 0.807. The summed E-state index contributed by atoms with van der Waals surface area (Å²) in [6.45, 7) is 7.93. The van der Waals surface area contributed by atoms with Gasteiger partial charge in [0.15, 0.2) is 0 Å². The number of carbonyl (C=O) groups is 1. The second kappa shape index (κ2) is 6.53. The van der Waals surface area contributed by atoms with Gasteiger partial charge in [-0.1, -0.05) is 0 Å². The third kappa shape index (κ3) is 5.36. The predicted molar refractivity (Wildman–Crippen MR) is 73.5 cm³/mol. The molecule has 4 heteroatoms. The lowest BCUT2D eigenvalue weighted by Crippen LogP contribution is -2.52. The van der Waals surface area contributed by atoms with Gasteiger partial charge in [-0.15, -0.1) is 0 Å². The molecule has 0 aliphatic heterocycles. The molecule has 1 aliphatic carbocycles. The molecule has 0 radical (unpaired) electrons. The largest absolute Gasteiger partial charge is 0.381 e. The second-order valence-electron chi connectivity index (χ2n) is 6.35. The van der Waals surface area contributed by atoms with Crippen molar-refractivity contribution in [1.82, 2.24) is 10.6 Å². The molecule has 18 heavy (non-hydrogen) atoms. The maximum atomic E-state index is 12.0. The van der Waals surface area contributed by atoms with Gasteiger partial charge in [-0.3, -0.25) is 4.79 Å². The van der Waals surface area contributed by atoms with E-state index in [2.05, 4.69) is 10.6 Å². The topological polar surface area (TPSA) is 50.4 Å². The van der Waals surface area contributed by atoms with E-state index in [0.29, 0.717) is 12.1 Å². The highest BCUT2D eigenvalue weighted by molar-refractivity contribution is 5.81. The maximum absolute atomic E-state index is 12.0. The average Bonchev–Trinajstić information content (AvgIpc) is 2.27. The first kappa shape index (κ1) is 15.4. The van der Waals surface area contributed by atoms with Gasteiger partial charge in [0.2, 0.25) is 5.91 Å². The van der Waals surface area contributed by atoms with Crippen LogP contribution in [0.5, 0.6) is 0 Å². The fourth-order valence-electron chi connectivity index (χ4n) is 2.42. The minimum absolute atomic E-state index is 0.0713. The number of hydrogen-bond acceptors (Lipinski definition) is 3. The summed E-state index contributed by atoms with van der Waals surface area (Å²) in [4.78, 5) is 12.0. The highest BCUT2D eigenvalue weighted by atomic mass is 16.5. The highest BCUT2D eigenvalue weighted by Crippen LogP contribution is 2.21. The fourth-order valence-corrected chi connectivity index (χ4v) is 2.42. The molecule has 0 aromatic carbocycles. The van der Waals surface area contributed by atoms with Crippen LogP contribution in [0.15, 0.2) is 0 Å². The molecule has 0 spiro atoms. The first-order valence-electron chi connectivity index (χ1n) is 6.92. The predicted octanol–water partition coefficient (Wildman–Crippen LogP) is 1.84. The van der Waals surface area contributed by atoms with Crippen molar-refractivity contribution in [2.75, 3.05) is 7.11 Å². The molecule has 1 aliphatic rings. The Balaban J connectivity index is 2.39. The van der Waals surface area contributed by atoms with Crippen LogP contribution >= 0.6 is 0 Å². The van der Waals surface area contributed by atoms with Gasteiger partial charge in [0, 0.05) is 18.7 Å². The molecule has 106 valence electrons. The Morgan fingerprint density at radius 1 is 1.33 bits per heavy atom. The van der Waals surface area contributed by atoms with Gasteiger partial charge in [0.25, 0.3) is 0 Å². The van der Waals surface area contributed by atoms with E-state index in [-0.39, 0.29) is 17.5 Å². The molecule has 3 atom stereocenters. The summed E-state index contributed by atoms with van der Waals surface area (Å²) in [5.74, 6) is 0.0713. The average molecular weight is 256 g/mol. The fraction of sp³-hybridized carbons (Fsp3) is 0.929. The van der Waals surface area contributed by atoms with Crippen molar-refractivity contribution >= 4 is 5.91 Å². The van der Waals surface area contributed by atoms with E-state index in [9.17, 15) is 4.79 Å². The van der Waals surface area contributed by atoms with Gasteiger partial charge < -0.3 is 15.4 Å². The Labute approximate surface area is 111 Å². The number of methoxy groups -OCH3 is 1. The number of rotatable bonds is 4. The number of amides is 1. The van der Waals surface area contributed by atoms with Gasteiger partial charge in [0.05, 0.1) is 12.1 Å². The van der Waals surface area contributed by atoms with E-state index in [1.165, 1.54) is 6.42 Å². The molecule has 2 N–H and O–H groups in total. The van der Waals surface area contributed by atoms with Gasteiger partial charge in [0.1, 0.15) is 0 Å². The van der Waals surface area contributed by atoms with E-state index >= 15 is 0 Å². The van der Waals surface area contributed by atoms with Crippen molar-refractivity contribution in [2.24, 2.45) is 0 Å². The summed E-state index contributed by atoms with van der Waals surface area (Å²) in [6.07, 6.45) is 4.78. The Morgan fingerprint density at radius 2 is 2.00 bits per heavy atom. The van der Waals surface area contributed by atoms with Crippen molar-refractivity contribution < 1.29 is 9.53 Å². The SMILES string of the molecule is COC1CCCC(NC(C)C(=O)NC(C)(C)C)C1. The molecule has 0 saturated heterocycles. The van der Waals surface area contributed by atoms with Crippen molar-refractivity contribution in [2.45, 2.75) is 77.1 Å². The first-order valence-corrected chi connectivity index (χ1v) is 6.92. The van der Waals surface area contributed by atoms with Gasteiger partial charge in [-0.25, -0.2) is 0 Å². The minimum Gasteiger partial charge on any atom is -0.381 e. The zero-order valence-corrected chi connectivity index (χ0v) is 12.4. The van der Waals surface area contributed by atoms with Crippen molar-refractivity contribution in [3.63, 3.8) is 0 Å². The third-order valence-electron chi connectivity index (χ3n) is 3.34. The van der Waals surface area contributed by atoms with E-state index < -0.39 is 0 Å². The van der Waals surface area contributed by atoms with Crippen LogP contribution in [0.25, 0.3) is 0 Å². The summed E-state index contributed by atoms with van der Waals surface area (Å²) in [5.41, 5.74) is -0.172. The lowest BCUT2D eigenvalue weighted by atomic mass is 9.92. The van der Waals surface area contributed by atoms with Crippen LogP contribution in [0.2, 0.25) is 0 Å². The summed E-state index contributed by atoms with van der Waals surface area (Å²) < 4.78 is 5.40. The molecule has 4 nitrogen and oxygen atoms in total. The molecular formula is C14H28N2O2. The lowest BCUT2D eigenvalue weighted by Gasteiger charge is -2.31. The second-order valence-corrected chi connectivity index (χ2v) is 6.35. The van der Waals surface area contributed by atoms with Crippen molar-refractivity contribution in [3.8, 4) is 0 Å². The normalized spacial score (nSPS) is 26.7. The van der Waals surface area contributed by atoms with Crippen LogP contribution in [0.3, 0.4) is 0 Å². The Morgan fingerprint density at radius 3 is 2.56 bits per heavy atom. The Hall–Kier alpha value is -0.610. The Bertz CT molecular complexity index is 273. The van der Waals surface area contributed by atoms with Crippen LogP contribution in [0.1, 0.15) is 53.4 Å². The summed E-state index contributed by atoms with van der Waals surface area (Å²) >= 11 is 0. The molecule has 1 amide bonds. The van der Waals surface area contributed by atoms with E-state index in [0.717, 1.165) is 19.3 Å².